The highest BCUT2D eigenvalue weighted by Crippen LogP contribution is 2.29. The van der Waals surface area contributed by atoms with Crippen LogP contribution in [0.25, 0.3) is 0 Å². The van der Waals surface area contributed by atoms with Gasteiger partial charge in [-0.3, -0.25) is 19.7 Å². The zero-order valence-electron chi connectivity index (χ0n) is 16.2. The molecule has 0 aromatic heterocycles. The lowest BCUT2D eigenvalue weighted by molar-refractivity contribution is -0.384. The third-order valence-electron chi connectivity index (χ3n) is 4.68. The summed E-state index contributed by atoms with van der Waals surface area (Å²) in [4.78, 5) is 35.4. The molecule has 1 N–H and O–H groups in total. The van der Waals surface area contributed by atoms with Crippen LogP contribution in [0.4, 0.5) is 11.4 Å². The SMILES string of the molecule is CC[C@@H](C)[C@H](C(=O)OCC(=O)Nc1c(C)cccc1[N+](=O)[O-])c1ccccc1. The first-order chi connectivity index (χ1) is 13.3. The number of ether oxygens (including phenoxy) is 1. The molecular weight excluding hydrogens is 360 g/mol. The summed E-state index contributed by atoms with van der Waals surface area (Å²) in [5.41, 5.74) is 1.28. The molecule has 0 aliphatic heterocycles. The van der Waals surface area contributed by atoms with Crippen molar-refractivity contribution in [3.8, 4) is 0 Å². The molecule has 0 aliphatic rings. The molecule has 0 saturated carbocycles. The van der Waals surface area contributed by atoms with Crippen LogP contribution in [0.1, 0.15) is 37.3 Å². The van der Waals surface area contributed by atoms with Gasteiger partial charge in [0, 0.05) is 6.07 Å². The molecule has 1 amide bonds. The van der Waals surface area contributed by atoms with E-state index in [1.54, 1.807) is 19.1 Å². The maximum atomic E-state index is 12.6. The summed E-state index contributed by atoms with van der Waals surface area (Å²) >= 11 is 0. The van der Waals surface area contributed by atoms with Gasteiger partial charge in [0.1, 0.15) is 5.69 Å². The summed E-state index contributed by atoms with van der Waals surface area (Å²) < 4.78 is 5.23. The number of nitro groups is 1. The van der Waals surface area contributed by atoms with Crippen LogP contribution >= 0.6 is 0 Å². The Morgan fingerprint density at radius 3 is 2.43 bits per heavy atom. The van der Waals surface area contributed by atoms with Crippen LogP contribution in [0.2, 0.25) is 0 Å². The van der Waals surface area contributed by atoms with E-state index < -0.39 is 29.3 Å². The molecule has 0 heterocycles. The number of nitrogens with zero attached hydrogens (tertiary/aromatic N) is 1. The Bertz CT molecular complexity index is 851. The van der Waals surface area contributed by atoms with Gasteiger partial charge in [-0.05, 0) is 24.0 Å². The standard InChI is InChI=1S/C21H24N2O5/c1-4-14(2)19(16-10-6-5-7-11-16)21(25)28-13-18(24)22-20-15(3)9-8-12-17(20)23(26)27/h5-12,14,19H,4,13H2,1-3H3,(H,22,24)/t14-,19+/m1/s1. The number of carbonyl (C=O) groups excluding carboxylic acids is 2. The van der Waals surface area contributed by atoms with Gasteiger partial charge in [-0.2, -0.15) is 0 Å². The number of amides is 1. The lowest BCUT2D eigenvalue weighted by Gasteiger charge is -2.21. The van der Waals surface area contributed by atoms with Crippen LogP contribution in [-0.2, 0) is 14.3 Å². The Balaban J connectivity index is 2.07. The van der Waals surface area contributed by atoms with E-state index in [0.717, 1.165) is 12.0 Å². The first kappa shape index (κ1) is 21.1. The van der Waals surface area contributed by atoms with Gasteiger partial charge in [-0.15, -0.1) is 0 Å². The minimum absolute atomic E-state index is 0.0374. The molecule has 7 nitrogen and oxygen atoms in total. The van der Waals surface area contributed by atoms with Gasteiger partial charge in [0.25, 0.3) is 11.6 Å². The van der Waals surface area contributed by atoms with Gasteiger partial charge < -0.3 is 10.1 Å². The first-order valence-electron chi connectivity index (χ1n) is 9.10. The van der Waals surface area contributed by atoms with Crippen LogP contribution < -0.4 is 5.32 Å². The zero-order valence-corrected chi connectivity index (χ0v) is 16.2. The molecule has 28 heavy (non-hydrogen) atoms. The van der Waals surface area contributed by atoms with Gasteiger partial charge >= 0.3 is 5.97 Å². The monoisotopic (exact) mass is 384 g/mol. The molecule has 0 fully saturated rings. The van der Waals surface area contributed by atoms with Crippen LogP contribution in [0.3, 0.4) is 0 Å². The summed E-state index contributed by atoms with van der Waals surface area (Å²) in [5, 5.41) is 13.6. The van der Waals surface area contributed by atoms with Crippen molar-refractivity contribution in [2.24, 2.45) is 5.92 Å². The second kappa shape index (κ2) is 9.64. The summed E-state index contributed by atoms with van der Waals surface area (Å²) in [7, 11) is 0. The Morgan fingerprint density at radius 2 is 1.82 bits per heavy atom. The molecule has 0 unspecified atom stereocenters. The molecular formula is C21H24N2O5. The van der Waals surface area contributed by atoms with E-state index in [-0.39, 0.29) is 17.3 Å². The number of nitro benzene ring substituents is 1. The second-order valence-electron chi connectivity index (χ2n) is 6.66. The zero-order chi connectivity index (χ0) is 20.7. The third kappa shape index (κ3) is 5.16. The number of nitrogens with one attached hydrogen (secondary N) is 1. The first-order valence-corrected chi connectivity index (χ1v) is 9.10. The van der Waals surface area contributed by atoms with Crippen LogP contribution in [0.15, 0.2) is 48.5 Å². The van der Waals surface area contributed by atoms with Crippen LogP contribution in [-0.4, -0.2) is 23.4 Å². The lowest BCUT2D eigenvalue weighted by atomic mass is 9.86. The number of hydrogen-bond acceptors (Lipinski definition) is 5. The molecule has 2 atom stereocenters. The van der Waals surface area contributed by atoms with Crippen molar-refractivity contribution in [3.05, 3.63) is 69.8 Å². The summed E-state index contributed by atoms with van der Waals surface area (Å²) in [6, 6.07) is 13.8. The Kier molecular flexibility index (Phi) is 7.26. The quantitative estimate of drug-likeness (QED) is 0.417. The smallest absolute Gasteiger partial charge is 0.314 e. The lowest BCUT2D eigenvalue weighted by Crippen LogP contribution is -2.27. The summed E-state index contributed by atoms with van der Waals surface area (Å²) in [6.45, 7) is 5.08. The normalized spacial score (nSPS) is 12.7. The fourth-order valence-electron chi connectivity index (χ4n) is 2.96. The number of esters is 1. The van der Waals surface area contributed by atoms with Crippen molar-refractivity contribution in [3.63, 3.8) is 0 Å². The third-order valence-corrected chi connectivity index (χ3v) is 4.68. The second-order valence-corrected chi connectivity index (χ2v) is 6.66. The van der Waals surface area contributed by atoms with E-state index in [1.165, 1.54) is 6.07 Å². The van der Waals surface area contributed by atoms with Crippen molar-refractivity contribution < 1.29 is 19.2 Å². The van der Waals surface area contributed by atoms with E-state index >= 15 is 0 Å². The van der Waals surface area contributed by atoms with Gasteiger partial charge in [0.15, 0.2) is 6.61 Å². The molecule has 0 saturated heterocycles. The Hall–Kier alpha value is -3.22. The number of aryl methyl sites for hydroxylation is 1. The number of para-hydroxylation sites is 1. The molecule has 0 spiro atoms. The molecule has 2 aromatic rings. The summed E-state index contributed by atoms with van der Waals surface area (Å²) in [5.74, 6) is -1.56. The van der Waals surface area contributed by atoms with Gasteiger partial charge in [-0.1, -0.05) is 62.7 Å². The van der Waals surface area contributed by atoms with Crippen molar-refractivity contribution in [1.29, 1.82) is 0 Å². The van der Waals surface area contributed by atoms with Crippen LogP contribution in [0.5, 0.6) is 0 Å². The minimum atomic E-state index is -0.623. The van der Waals surface area contributed by atoms with E-state index in [9.17, 15) is 19.7 Å². The van der Waals surface area contributed by atoms with Gasteiger partial charge in [-0.25, -0.2) is 0 Å². The van der Waals surface area contributed by atoms with E-state index in [0.29, 0.717) is 5.56 Å². The van der Waals surface area contributed by atoms with E-state index in [4.69, 9.17) is 4.74 Å². The molecule has 0 aliphatic carbocycles. The molecule has 0 bridgehead atoms. The van der Waals surface area contributed by atoms with Crippen molar-refractivity contribution >= 4 is 23.3 Å². The van der Waals surface area contributed by atoms with E-state index in [1.807, 2.05) is 44.2 Å². The highest BCUT2D eigenvalue weighted by atomic mass is 16.6. The average Bonchev–Trinajstić information content (AvgIpc) is 2.68. The van der Waals surface area contributed by atoms with E-state index in [2.05, 4.69) is 5.32 Å². The Morgan fingerprint density at radius 1 is 1.14 bits per heavy atom. The molecule has 148 valence electrons. The van der Waals surface area contributed by atoms with Crippen molar-refractivity contribution in [2.75, 3.05) is 11.9 Å². The summed E-state index contributed by atoms with van der Waals surface area (Å²) in [6.07, 6.45) is 0.774. The van der Waals surface area contributed by atoms with Gasteiger partial charge in [0.05, 0.1) is 10.8 Å². The molecule has 2 rings (SSSR count). The predicted molar refractivity (Wildman–Crippen MR) is 106 cm³/mol. The van der Waals surface area contributed by atoms with Crippen molar-refractivity contribution in [2.45, 2.75) is 33.1 Å². The topological polar surface area (TPSA) is 98.5 Å². The maximum absolute atomic E-state index is 12.6. The number of anilines is 1. The largest absolute Gasteiger partial charge is 0.455 e. The average molecular weight is 384 g/mol. The fourth-order valence-corrected chi connectivity index (χ4v) is 2.96. The van der Waals surface area contributed by atoms with Crippen molar-refractivity contribution in [1.82, 2.24) is 0 Å². The fraction of sp³-hybridized carbons (Fsp3) is 0.333. The Labute approximate surface area is 163 Å². The minimum Gasteiger partial charge on any atom is -0.455 e. The van der Waals surface area contributed by atoms with Crippen LogP contribution in [0, 0.1) is 23.0 Å². The number of carbonyl (C=O) groups is 2. The molecule has 0 radical (unpaired) electrons. The van der Waals surface area contributed by atoms with Gasteiger partial charge in [0.2, 0.25) is 0 Å². The molecule has 2 aromatic carbocycles. The number of hydrogen-bond donors (Lipinski definition) is 1. The molecule has 7 heteroatoms. The predicted octanol–water partition coefficient (Wildman–Crippen LogP) is 4.21. The highest BCUT2D eigenvalue weighted by molar-refractivity contribution is 5.96. The highest BCUT2D eigenvalue weighted by Gasteiger charge is 2.28. The number of rotatable bonds is 8. The number of benzene rings is 2. The maximum Gasteiger partial charge on any atom is 0.314 e.